The Morgan fingerprint density at radius 2 is 1.86 bits per heavy atom. The standard InChI is InChI=1S/C14H18ClF3N2O/c15-9-13(21)10-19-4-6-20(7-5-19)12-3-1-2-11(8-12)14(16,17)18/h1-3,8,13,21H,4-7,9-10H2. The monoisotopic (exact) mass is 322 g/mol. The van der Waals surface area contributed by atoms with Crippen molar-refractivity contribution in [3.05, 3.63) is 29.8 Å². The second-order valence-corrected chi connectivity index (χ2v) is 5.45. The average Bonchev–Trinajstić information content (AvgIpc) is 2.47. The highest BCUT2D eigenvalue weighted by Gasteiger charge is 2.31. The molecule has 3 nitrogen and oxygen atoms in total. The first-order chi connectivity index (χ1) is 9.90. The van der Waals surface area contributed by atoms with Gasteiger partial charge in [-0.3, -0.25) is 4.90 Å². The predicted molar refractivity (Wildman–Crippen MR) is 76.8 cm³/mol. The topological polar surface area (TPSA) is 26.7 Å². The van der Waals surface area contributed by atoms with Crippen molar-refractivity contribution >= 4 is 17.3 Å². The zero-order valence-corrected chi connectivity index (χ0v) is 12.2. The Hall–Kier alpha value is -0.980. The number of aliphatic hydroxyl groups excluding tert-OH is 1. The fourth-order valence-electron chi connectivity index (χ4n) is 2.41. The normalized spacial score (nSPS) is 18.8. The highest BCUT2D eigenvalue weighted by atomic mass is 35.5. The Morgan fingerprint density at radius 1 is 1.19 bits per heavy atom. The molecule has 1 fully saturated rings. The van der Waals surface area contributed by atoms with Crippen LogP contribution in [0.4, 0.5) is 18.9 Å². The molecule has 1 aromatic rings. The number of anilines is 1. The number of halogens is 4. The van der Waals surface area contributed by atoms with E-state index in [1.807, 2.05) is 4.90 Å². The number of aliphatic hydroxyl groups is 1. The van der Waals surface area contributed by atoms with Crippen molar-refractivity contribution in [2.75, 3.05) is 43.5 Å². The molecule has 0 saturated carbocycles. The Morgan fingerprint density at radius 3 is 2.43 bits per heavy atom. The van der Waals surface area contributed by atoms with Crippen molar-refractivity contribution < 1.29 is 18.3 Å². The summed E-state index contributed by atoms with van der Waals surface area (Å²) < 4.78 is 38.1. The van der Waals surface area contributed by atoms with Crippen LogP contribution in [0.15, 0.2) is 24.3 Å². The van der Waals surface area contributed by atoms with E-state index in [1.54, 1.807) is 6.07 Å². The fourth-order valence-corrected chi connectivity index (χ4v) is 2.51. The SMILES string of the molecule is OC(CCl)CN1CCN(c2cccc(C(F)(F)F)c2)CC1. The molecule has 1 aliphatic rings. The third-order valence-electron chi connectivity index (χ3n) is 3.56. The number of hydrogen-bond donors (Lipinski definition) is 1. The van der Waals surface area contributed by atoms with Gasteiger partial charge in [0, 0.05) is 44.3 Å². The van der Waals surface area contributed by atoms with Crippen LogP contribution in [0.2, 0.25) is 0 Å². The first-order valence-electron chi connectivity index (χ1n) is 6.79. The lowest BCUT2D eigenvalue weighted by Crippen LogP contribution is -2.48. The first-order valence-corrected chi connectivity index (χ1v) is 7.32. The van der Waals surface area contributed by atoms with E-state index in [0.717, 1.165) is 6.07 Å². The van der Waals surface area contributed by atoms with E-state index < -0.39 is 17.8 Å². The molecule has 118 valence electrons. The van der Waals surface area contributed by atoms with Crippen LogP contribution in [0.3, 0.4) is 0 Å². The molecule has 2 rings (SSSR count). The molecular weight excluding hydrogens is 305 g/mol. The maximum Gasteiger partial charge on any atom is 0.416 e. The van der Waals surface area contributed by atoms with E-state index in [-0.39, 0.29) is 5.88 Å². The van der Waals surface area contributed by atoms with Gasteiger partial charge in [-0.05, 0) is 18.2 Å². The minimum Gasteiger partial charge on any atom is -0.391 e. The van der Waals surface area contributed by atoms with Crippen LogP contribution >= 0.6 is 11.6 Å². The first kappa shape index (κ1) is 16.4. The molecular formula is C14H18ClF3N2O. The fraction of sp³-hybridized carbons (Fsp3) is 0.571. The summed E-state index contributed by atoms with van der Waals surface area (Å²) in [7, 11) is 0. The number of rotatable bonds is 4. The molecule has 0 spiro atoms. The Bertz CT molecular complexity index is 462. The lowest BCUT2D eigenvalue weighted by molar-refractivity contribution is -0.137. The van der Waals surface area contributed by atoms with Crippen molar-refractivity contribution in [2.24, 2.45) is 0 Å². The molecule has 1 aromatic carbocycles. The molecule has 7 heteroatoms. The van der Waals surface area contributed by atoms with Crippen LogP contribution in [-0.2, 0) is 6.18 Å². The lowest BCUT2D eigenvalue weighted by atomic mass is 10.1. The minimum absolute atomic E-state index is 0.188. The second-order valence-electron chi connectivity index (χ2n) is 5.14. The van der Waals surface area contributed by atoms with Gasteiger partial charge >= 0.3 is 6.18 Å². The summed E-state index contributed by atoms with van der Waals surface area (Å²) in [6, 6.07) is 5.39. The Kier molecular flexibility index (Phi) is 5.35. The van der Waals surface area contributed by atoms with Gasteiger partial charge < -0.3 is 10.0 Å². The van der Waals surface area contributed by atoms with Gasteiger partial charge in [0.05, 0.1) is 11.7 Å². The summed E-state index contributed by atoms with van der Waals surface area (Å²) in [5.74, 6) is 0.188. The number of piperazine rings is 1. The number of nitrogens with zero attached hydrogens (tertiary/aromatic N) is 2. The Balaban J connectivity index is 1.96. The van der Waals surface area contributed by atoms with E-state index in [4.69, 9.17) is 11.6 Å². The molecule has 0 amide bonds. The maximum atomic E-state index is 12.7. The quantitative estimate of drug-likeness (QED) is 0.863. The third kappa shape index (κ3) is 4.49. The molecule has 1 saturated heterocycles. The van der Waals surface area contributed by atoms with Crippen molar-refractivity contribution in [3.8, 4) is 0 Å². The summed E-state index contributed by atoms with van der Waals surface area (Å²) in [4.78, 5) is 4.00. The number of β-amino-alcohol motifs (C(OH)–C–C–N with tert-alkyl or cyclic N) is 1. The number of benzene rings is 1. The van der Waals surface area contributed by atoms with Gasteiger partial charge in [-0.15, -0.1) is 11.6 Å². The van der Waals surface area contributed by atoms with Gasteiger partial charge in [-0.1, -0.05) is 6.07 Å². The molecule has 1 heterocycles. The van der Waals surface area contributed by atoms with E-state index in [9.17, 15) is 18.3 Å². The summed E-state index contributed by atoms with van der Waals surface area (Å²) in [5.41, 5.74) is -0.0395. The zero-order chi connectivity index (χ0) is 15.5. The average molecular weight is 323 g/mol. The van der Waals surface area contributed by atoms with Gasteiger partial charge in [0.2, 0.25) is 0 Å². The van der Waals surface area contributed by atoms with Crippen molar-refractivity contribution in [2.45, 2.75) is 12.3 Å². The van der Waals surface area contributed by atoms with Gasteiger partial charge in [0.25, 0.3) is 0 Å². The van der Waals surface area contributed by atoms with Gasteiger partial charge in [-0.25, -0.2) is 0 Å². The van der Waals surface area contributed by atoms with E-state index in [1.165, 1.54) is 12.1 Å². The second kappa shape index (κ2) is 6.85. The van der Waals surface area contributed by atoms with Crippen molar-refractivity contribution in [1.29, 1.82) is 0 Å². The lowest BCUT2D eigenvalue weighted by Gasteiger charge is -2.36. The number of alkyl halides is 4. The van der Waals surface area contributed by atoms with Crippen LogP contribution < -0.4 is 4.90 Å². The number of hydrogen-bond acceptors (Lipinski definition) is 3. The molecule has 1 N–H and O–H groups in total. The minimum atomic E-state index is -4.32. The molecule has 0 radical (unpaired) electrons. The Labute approximate surface area is 126 Å². The van der Waals surface area contributed by atoms with E-state index in [0.29, 0.717) is 38.4 Å². The highest BCUT2D eigenvalue weighted by Crippen LogP contribution is 2.31. The summed E-state index contributed by atoms with van der Waals surface area (Å²) in [6.07, 6.45) is -4.88. The third-order valence-corrected chi connectivity index (χ3v) is 3.91. The van der Waals surface area contributed by atoms with Crippen LogP contribution in [0.1, 0.15) is 5.56 Å². The van der Waals surface area contributed by atoms with E-state index >= 15 is 0 Å². The highest BCUT2D eigenvalue weighted by molar-refractivity contribution is 6.18. The summed E-state index contributed by atoms with van der Waals surface area (Å²) in [6.45, 7) is 3.17. The summed E-state index contributed by atoms with van der Waals surface area (Å²) >= 11 is 5.56. The van der Waals surface area contributed by atoms with Crippen LogP contribution in [0.5, 0.6) is 0 Å². The molecule has 1 unspecified atom stereocenters. The van der Waals surface area contributed by atoms with Gasteiger partial charge in [0.1, 0.15) is 0 Å². The smallest absolute Gasteiger partial charge is 0.391 e. The zero-order valence-electron chi connectivity index (χ0n) is 11.5. The molecule has 0 aromatic heterocycles. The van der Waals surface area contributed by atoms with Crippen LogP contribution in [0, 0.1) is 0 Å². The van der Waals surface area contributed by atoms with Crippen LogP contribution in [0.25, 0.3) is 0 Å². The van der Waals surface area contributed by atoms with Gasteiger partial charge in [0.15, 0.2) is 0 Å². The molecule has 0 bridgehead atoms. The molecule has 0 aliphatic carbocycles. The largest absolute Gasteiger partial charge is 0.416 e. The molecule has 1 aliphatic heterocycles. The van der Waals surface area contributed by atoms with Crippen LogP contribution in [-0.4, -0.2) is 54.7 Å². The van der Waals surface area contributed by atoms with Gasteiger partial charge in [-0.2, -0.15) is 13.2 Å². The molecule has 1 atom stereocenters. The van der Waals surface area contributed by atoms with E-state index in [2.05, 4.69) is 4.90 Å². The predicted octanol–water partition coefficient (Wildman–Crippen LogP) is 2.43. The van der Waals surface area contributed by atoms with Crippen molar-refractivity contribution in [3.63, 3.8) is 0 Å². The van der Waals surface area contributed by atoms with Crippen molar-refractivity contribution in [1.82, 2.24) is 4.90 Å². The summed E-state index contributed by atoms with van der Waals surface area (Å²) in [5, 5.41) is 9.51. The maximum absolute atomic E-state index is 12.7. The molecule has 21 heavy (non-hydrogen) atoms.